The molecule has 0 spiro atoms. The smallest absolute Gasteiger partial charge is 0.0548 e. The Balaban J connectivity index is 2.39. The van der Waals surface area contributed by atoms with E-state index >= 15 is 0 Å². The van der Waals surface area contributed by atoms with E-state index in [0.29, 0.717) is 6.04 Å². The Morgan fingerprint density at radius 3 is 2.88 bits per heavy atom. The van der Waals surface area contributed by atoms with E-state index in [2.05, 4.69) is 28.2 Å². The summed E-state index contributed by atoms with van der Waals surface area (Å²) in [7, 11) is 1.73. The standard InChI is InChI=1S/C12H17BrClNO/c1-9(5-6-16-2)15-8-10-3-4-12(14)11(13)7-10/h3-4,7,9,15H,5-6,8H2,1-2H3. The van der Waals surface area contributed by atoms with E-state index in [4.69, 9.17) is 16.3 Å². The lowest BCUT2D eigenvalue weighted by Crippen LogP contribution is -2.26. The van der Waals surface area contributed by atoms with Crippen LogP contribution in [0, 0.1) is 0 Å². The summed E-state index contributed by atoms with van der Waals surface area (Å²) in [5, 5.41) is 4.18. The van der Waals surface area contributed by atoms with E-state index in [1.807, 2.05) is 18.2 Å². The number of methoxy groups -OCH3 is 1. The van der Waals surface area contributed by atoms with Gasteiger partial charge in [0.2, 0.25) is 0 Å². The average Bonchev–Trinajstić information content (AvgIpc) is 2.28. The van der Waals surface area contributed by atoms with Crippen molar-refractivity contribution in [2.45, 2.75) is 25.9 Å². The molecule has 0 aliphatic carbocycles. The van der Waals surface area contributed by atoms with Crippen molar-refractivity contribution in [3.63, 3.8) is 0 Å². The zero-order chi connectivity index (χ0) is 12.0. The van der Waals surface area contributed by atoms with Gasteiger partial charge < -0.3 is 10.1 Å². The van der Waals surface area contributed by atoms with Gasteiger partial charge in [-0.3, -0.25) is 0 Å². The van der Waals surface area contributed by atoms with E-state index in [1.165, 1.54) is 5.56 Å². The summed E-state index contributed by atoms with van der Waals surface area (Å²) < 4.78 is 5.98. The molecule has 0 amide bonds. The second-order valence-electron chi connectivity index (χ2n) is 3.81. The van der Waals surface area contributed by atoms with Crippen LogP contribution in [0.15, 0.2) is 22.7 Å². The van der Waals surface area contributed by atoms with Crippen LogP contribution in [-0.4, -0.2) is 19.8 Å². The van der Waals surface area contributed by atoms with Crippen molar-refractivity contribution in [3.05, 3.63) is 33.3 Å². The first-order chi connectivity index (χ1) is 7.63. The third kappa shape index (κ3) is 4.83. The summed E-state index contributed by atoms with van der Waals surface area (Å²) in [6.45, 7) is 3.79. The van der Waals surface area contributed by atoms with E-state index in [9.17, 15) is 0 Å². The molecule has 0 bridgehead atoms. The number of benzene rings is 1. The van der Waals surface area contributed by atoms with Crippen molar-refractivity contribution in [1.82, 2.24) is 5.32 Å². The van der Waals surface area contributed by atoms with Crippen LogP contribution in [0.5, 0.6) is 0 Å². The van der Waals surface area contributed by atoms with Crippen LogP contribution in [-0.2, 0) is 11.3 Å². The molecule has 16 heavy (non-hydrogen) atoms. The Morgan fingerprint density at radius 1 is 1.50 bits per heavy atom. The second-order valence-corrected chi connectivity index (χ2v) is 5.07. The van der Waals surface area contributed by atoms with Crippen molar-refractivity contribution < 1.29 is 4.74 Å². The predicted octanol–water partition coefficient (Wildman–Crippen LogP) is 3.62. The Kier molecular flexibility index (Phi) is 6.36. The first kappa shape index (κ1) is 14.0. The molecular weight excluding hydrogens is 289 g/mol. The normalized spacial score (nSPS) is 12.8. The van der Waals surface area contributed by atoms with Gasteiger partial charge in [0, 0.05) is 30.8 Å². The molecule has 0 radical (unpaired) electrons. The molecule has 0 aromatic heterocycles. The first-order valence-corrected chi connectivity index (χ1v) is 6.47. The number of rotatable bonds is 6. The quantitative estimate of drug-likeness (QED) is 0.867. The molecule has 0 saturated carbocycles. The molecule has 1 atom stereocenters. The van der Waals surface area contributed by atoms with E-state index in [0.717, 1.165) is 29.1 Å². The summed E-state index contributed by atoms with van der Waals surface area (Å²) in [6, 6.07) is 6.43. The first-order valence-electron chi connectivity index (χ1n) is 5.29. The van der Waals surface area contributed by atoms with E-state index in [-0.39, 0.29) is 0 Å². The molecule has 1 aromatic rings. The van der Waals surface area contributed by atoms with Crippen molar-refractivity contribution in [1.29, 1.82) is 0 Å². The molecule has 0 heterocycles. The number of hydrogen-bond donors (Lipinski definition) is 1. The number of ether oxygens (including phenoxy) is 1. The minimum Gasteiger partial charge on any atom is -0.385 e. The zero-order valence-corrected chi connectivity index (χ0v) is 11.9. The van der Waals surface area contributed by atoms with Crippen LogP contribution in [0.3, 0.4) is 0 Å². The Bertz CT molecular complexity index is 333. The van der Waals surface area contributed by atoms with Crippen LogP contribution in [0.1, 0.15) is 18.9 Å². The highest BCUT2D eigenvalue weighted by atomic mass is 79.9. The van der Waals surface area contributed by atoms with Gasteiger partial charge in [-0.25, -0.2) is 0 Å². The maximum absolute atomic E-state index is 5.93. The third-order valence-corrected chi connectivity index (χ3v) is 3.61. The van der Waals surface area contributed by atoms with E-state index < -0.39 is 0 Å². The monoisotopic (exact) mass is 305 g/mol. The molecule has 0 fully saturated rings. The fourth-order valence-electron chi connectivity index (χ4n) is 1.34. The van der Waals surface area contributed by atoms with Gasteiger partial charge in [-0.2, -0.15) is 0 Å². The van der Waals surface area contributed by atoms with Gasteiger partial charge in [-0.05, 0) is 47.0 Å². The molecular formula is C12H17BrClNO. The molecule has 0 saturated heterocycles. The van der Waals surface area contributed by atoms with Crippen molar-refractivity contribution in [2.75, 3.05) is 13.7 Å². The van der Waals surface area contributed by atoms with Crippen molar-refractivity contribution in [2.24, 2.45) is 0 Å². The summed E-state index contributed by atoms with van der Waals surface area (Å²) in [5.74, 6) is 0. The molecule has 1 unspecified atom stereocenters. The minimum atomic E-state index is 0.453. The highest BCUT2D eigenvalue weighted by Gasteiger charge is 2.02. The van der Waals surface area contributed by atoms with Crippen LogP contribution >= 0.6 is 27.5 Å². The second kappa shape index (κ2) is 7.28. The maximum atomic E-state index is 5.93. The molecule has 4 heteroatoms. The molecule has 1 rings (SSSR count). The zero-order valence-electron chi connectivity index (χ0n) is 9.59. The lowest BCUT2D eigenvalue weighted by molar-refractivity contribution is 0.184. The summed E-state index contributed by atoms with van der Waals surface area (Å²) in [6.07, 6.45) is 1.02. The summed E-state index contributed by atoms with van der Waals surface area (Å²) >= 11 is 9.34. The summed E-state index contributed by atoms with van der Waals surface area (Å²) in [4.78, 5) is 0. The molecule has 90 valence electrons. The van der Waals surface area contributed by atoms with Gasteiger partial charge in [0.25, 0.3) is 0 Å². The molecule has 1 aromatic carbocycles. The Morgan fingerprint density at radius 2 is 2.25 bits per heavy atom. The van der Waals surface area contributed by atoms with Gasteiger partial charge in [-0.1, -0.05) is 17.7 Å². The SMILES string of the molecule is COCCC(C)NCc1ccc(Cl)c(Br)c1. The lowest BCUT2D eigenvalue weighted by atomic mass is 10.2. The minimum absolute atomic E-state index is 0.453. The highest BCUT2D eigenvalue weighted by molar-refractivity contribution is 9.10. The van der Waals surface area contributed by atoms with Crippen LogP contribution in [0.4, 0.5) is 0 Å². The van der Waals surface area contributed by atoms with Crippen LogP contribution < -0.4 is 5.32 Å². The molecule has 0 aliphatic heterocycles. The van der Waals surface area contributed by atoms with E-state index in [1.54, 1.807) is 7.11 Å². The number of halogens is 2. The molecule has 0 aliphatic rings. The largest absolute Gasteiger partial charge is 0.385 e. The fraction of sp³-hybridized carbons (Fsp3) is 0.500. The average molecular weight is 307 g/mol. The lowest BCUT2D eigenvalue weighted by Gasteiger charge is -2.13. The molecule has 2 nitrogen and oxygen atoms in total. The van der Waals surface area contributed by atoms with Crippen molar-refractivity contribution >= 4 is 27.5 Å². The van der Waals surface area contributed by atoms with Crippen LogP contribution in [0.25, 0.3) is 0 Å². The Labute approximate surface area is 110 Å². The van der Waals surface area contributed by atoms with Crippen molar-refractivity contribution in [3.8, 4) is 0 Å². The van der Waals surface area contributed by atoms with Gasteiger partial charge >= 0.3 is 0 Å². The molecule has 1 N–H and O–H groups in total. The predicted molar refractivity (Wildman–Crippen MR) is 71.9 cm³/mol. The third-order valence-electron chi connectivity index (χ3n) is 2.39. The Hall–Kier alpha value is -0.0900. The van der Waals surface area contributed by atoms with Gasteiger partial charge in [0.05, 0.1) is 5.02 Å². The highest BCUT2D eigenvalue weighted by Crippen LogP contribution is 2.23. The fourth-order valence-corrected chi connectivity index (χ4v) is 1.88. The van der Waals surface area contributed by atoms with Gasteiger partial charge in [-0.15, -0.1) is 0 Å². The number of hydrogen-bond acceptors (Lipinski definition) is 2. The van der Waals surface area contributed by atoms with Crippen LogP contribution in [0.2, 0.25) is 5.02 Å². The maximum Gasteiger partial charge on any atom is 0.0548 e. The topological polar surface area (TPSA) is 21.3 Å². The number of nitrogens with one attached hydrogen (secondary N) is 1. The summed E-state index contributed by atoms with van der Waals surface area (Å²) in [5.41, 5.74) is 1.22. The van der Waals surface area contributed by atoms with Gasteiger partial charge in [0.15, 0.2) is 0 Å². The van der Waals surface area contributed by atoms with Gasteiger partial charge in [0.1, 0.15) is 0 Å².